The number of hydrogen-bond acceptors (Lipinski definition) is 5. The normalized spacial score (nSPS) is 16.4. The maximum atomic E-state index is 12.0. The zero-order valence-electron chi connectivity index (χ0n) is 12.4. The summed E-state index contributed by atoms with van der Waals surface area (Å²) in [6.07, 6.45) is -0.0632. The summed E-state index contributed by atoms with van der Waals surface area (Å²) in [5.41, 5.74) is 6.32. The van der Waals surface area contributed by atoms with Crippen LogP contribution in [-0.2, 0) is 32.9 Å². The minimum atomic E-state index is -4.58. The molecule has 1 aromatic rings. The van der Waals surface area contributed by atoms with Gasteiger partial charge in [0.1, 0.15) is 6.04 Å². The average molecular weight is 380 g/mol. The molecular weight excluding hydrogens is 363 g/mol. The van der Waals surface area contributed by atoms with Crippen molar-refractivity contribution in [1.82, 2.24) is 14.9 Å². The number of urea groups is 1. The Morgan fingerprint density at radius 3 is 2.40 bits per heavy atom. The predicted molar refractivity (Wildman–Crippen MR) is 88.9 cm³/mol. The average Bonchev–Trinajstić information content (AvgIpc) is 2.48. The number of nitrogens with one attached hydrogen (secondary N) is 2. The van der Waals surface area contributed by atoms with Crippen molar-refractivity contribution in [2.45, 2.75) is 19.0 Å². The van der Waals surface area contributed by atoms with E-state index in [1.54, 1.807) is 24.3 Å². The van der Waals surface area contributed by atoms with Crippen molar-refractivity contribution in [2.75, 3.05) is 6.54 Å². The van der Waals surface area contributed by atoms with Gasteiger partial charge in [0.2, 0.25) is 5.91 Å². The molecule has 1 aliphatic heterocycles. The summed E-state index contributed by atoms with van der Waals surface area (Å²) in [4.78, 5) is 34.3. The molecule has 10 nitrogen and oxygen atoms in total. The summed E-state index contributed by atoms with van der Waals surface area (Å²) in [7, 11) is -4.58. The van der Waals surface area contributed by atoms with Gasteiger partial charge in [-0.05, 0) is 11.1 Å². The molecule has 1 aromatic carbocycles. The van der Waals surface area contributed by atoms with E-state index >= 15 is 0 Å². The van der Waals surface area contributed by atoms with Crippen molar-refractivity contribution in [3.8, 4) is 0 Å². The summed E-state index contributed by atoms with van der Waals surface area (Å²) in [5.74, 6) is -1.38. The third kappa shape index (κ3) is 5.68. The Kier molecular flexibility index (Phi) is 7.38. The van der Waals surface area contributed by atoms with Gasteiger partial charge >= 0.3 is 45.9 Å². The van der Waals surface area contributed by atoms with Gasteiger partial charge in [-0.1, -0.05) is 24.3 Å². The van der Waals surface area contributed by atoms with Crippen molar-refractivity contribution >= 4 is 57.7 Å². The molecule has 0 aliphatic carbocycles. The molecule has 0 spiro atoms. The second-order valence-corrected chi connectivity index (χ2v) is 6.47. The number of amides is 4. The second kappa shape index (κ2) is 8.63. The van der Waals surface area contributed by atoms with Crippen LogP contribution in [0.15, 0.2) is 24.3 Å². The van der Waals surface area contributed by atoms with Gasteiger partial charge in [0.25, 0.3) is 5.91 Å². The quantitative estimate of drug-likeness (QED) is 0.251. The van der Waals surface area contributed by atoms with E-state index in [2.05, 4.69) is 10.6 Å². The van der Waals surface area contributed by atoms with Crippen LogP contribution in [0.3, 0.4) is 0 Å². The van der Waals surface area contributed by atoms with E-state index in [0.717, 1.165) is 0 Å². The van der Waals surface area contributed by atoms with Crippen LogP contribution in [0.5, 0.6) is 0 Å². The van der Waals surface area contributed by atoms with E-state index in [4.69, 9.17) is 10.3 Å². The standard InChI is InChI=1S/C13H16N4O6S.Na.H/c14-13(20)15-6-9-4-2-1-3-8(9)5-11(18)16-10-7-17(12(10)19)24(21,22)23;;/h1-4,10H,5-7H2,(H,16,18)(H3,14,15,20)(H,21,22,23);;. The van der Waals surface area contributed by atoms with Gasteiger partial charge in [0.05, 0.1) is 13.0 Å². The van der Waals surface area contributed by atoms with Crippen LogP contribution in [-0.4, -0.2) is 77.3 Å². The van der Waals surface area contributed by atoms with Crippen molar-refractivity contribution in [1.29, 1.82) is 0 Å². The molecule has 1 heterocycles. The Labute approximate surface area is 166 Å². The van der Waals surface area contributed by atoms with Crippen LogP contribution in [0.25, 0.3) is 0 Å². The van der Waals surface area contributed by atoms with Crippen molar-refractivity contribution in [2.24, 2.45) is 5.73 Å². The molecule has 5 N–H and O–H groups in total. The van der Waals surface area contributed by atoms with Crippen LogP contribution in [0.1, 0.15) is 11.1 Å². The predicted octanol–water partition coefficient (Wildman–Crippen LogP) is -2.12. The van der Waals surface area contributed by atoms with Gasteiger partial charge in [-0.2, -0.15) is 8.42 Å². The number of hydrogen-bond donors (Lipinski definition) is 4. The van der Waals surface area contributed by atoms with Crippen molar-refractivity contribution < 1.29 is 27.4 Å². The SMILES string of the molecule is NC(=O)NCc1ccccc1CC(=O)NC1CN(S(=O)(=O)O)C1=O.[NaH]. The molecule has 12 heteroatoms. The number of β-lactam (4-membered cyclic amide) rings is 1. The molecule has 1 atom stereocenters. The van der Waals surface area contributed by atoms with Crippen LogP contribution < -0.4 is 16.4 Å². The Hall–Kier alpha value is -1.66. The van der Waals surface area contributed by atoms with E-state index in [1.807, 2.05) is 0 Å². The Balaban J connectivity index is 0.00000312. The van der Waals surface area contributed by atoms with Crippen LogP contribution in [0.4, 0.5) is 4.79 Å². The van der Waals surface area contributed by atoms with E-state index in [9.17, 15) is 22.8 Å². The first-order valence-corrected chi connectivity index (χ1v) is 8.26. The fourth-order valence-corrected chi connectivity index (χ4v) is 2.91. The molecule has 1 unspecified atom stereocenters. The maximum absolute atomic E-state index is 12.0. The summed E-state index contributed by atoms with van der Waals surface area (Å²) in [6, 6.07) is 5.16. The number of rotatable bonds is 6. The fourth-order valence-electron chi connectivity index (χ4n) is 2.21. The molecule has 0 aromatic heterocycles. The van der Waals surface area contributed by atoms with E-state index in [1.165, 1.54) is 0 Å². The third-order valence-corrected chi connectivity index (χ3v) is 4.31. The molecule has 0 radical (unpaired) electrons. The molecule has 0 bridgehead atoms. The van der Waals surface area contributed by atoms with Crippen LogP contribution >= 0.6 is 0 Å². The molecule has 1 aliphatic rings. The molecule has 0 saturated carbocycles. The second-order valence-electron chi connectivity index (χ2n) is 5.13. The summed E-state index contributed by atoms with van der Waals surface area (Å²) >= 11 is 0. The number of primary amides is 1. The number of nitrogens with zero attached hydrogens (tertiary/aromatic N) is 1. The Bertz CT molecular complexity index is 784. The molecule has 132 valence electrons. The number of carbonyl (C=O) groups excluding carboxylic acids is 3. The van der Waals surface area contributed by atoms with Gasteiger partial charge in [0.15, 0.2) is 0 Å². The summed E-state index contributed by atoms with van der Waals surface area (Å²) in [5, 5.41) is 4.81. The molecule has 4 amide bonds. The topological polar surface area (TPSA) is 159 Å². The van der Waals surface area contributed by atoms with Crippen molar-refractivity contribution in [3.05, 3.63) is 35.4 Å². The Morgan fingerprint density at radius 1 is 1.28 bits per heavy atom. The van der Waals surface area contributed by atoms with E-state index in [0.29, 0.717) is 11.1 Å². The van der Waals surface area contributed by atoms with Crippen molar-refractivity contribution in [3.63, 3.8) is 0 Å². The van der Waals surface area contributed by atoms with Gasteiger partial charge in [-0.15, -0.1) is 0 Å². The van der Waals surface area contributed by atoms with E-state index in [-0.39, 0.29) is 53.4 Å². The molecule has 2 rings (SSSR count). The van der Waals surface area contributed by atoms with Gasteiger partial charge < -0.3 is 16.4 Å². The minimum absolute atomic E-state index is 0. The fraction of sp³-hybridized carbons (Fsp3) is 0.308. The van der Waals surface area contributed by atoms with Gasteiger partial charge in [-0.25, -0.2) is 9.10 Å². The molecular formula is C13H17N4NaO6S. The van der Waals surface area contributed by atoms with E-state index < -0.39 is 34.2 Å². The number of carbonyl (C=O) groups is 3. The summed E-state index contributed by atoms with van der Waals surface area (Å²) < 4.78 is 30.7. The zero-order chi connectivity index (χ0) is 17.9. The molecule has 1 saturated heterocycles. The first kappa shape index (κ1) is 21.4. The first-order chi connectivity index (χ1) is 11.2. The molecule has 1 fully saturated rings. The monoisotopic (exact) mass is 380 g/mol. The zero-order valence-corrected chi connectivity index (χ0v) is 13.2. The summed E-state index contributed by atoms with van der Waals surface area (Å²) in [6.45, 7) is -0.161. The third-order valence-electron chi connectivity index (χ3n) is 3.43. The number of nitrogens with two attached hydrogens (primary N) is 1. The van der Waals surface area contributed by atoms with Crippen LogP contribution in [0.2, 0.25) is 0 Å². The Morgan fingerprint density at radius 2 is 1.88 bits per heavy atom. The van der Waals surface area contributed by atoms with Gasteiger partial charge in [0, 0.05) is 6.54 Å². The number of benzene rings is 1. The van der Waals surface area contributed by atoms with Gasteiger partial charge in [-0.3, -0.25) is 14.1 Å². The molecule has 25 heavy (non-hydrogen) atoms. The first-order valence-electron chi connectivity index (χ1n) is 6.87. The van der Waals surface area contributed by atoms with Crippen LogP contribution in [0, 0.1) is 0 Å².